The second-order valence-electron chi connectivity index (χ2n) is 3.72. The van der Waals surface area contributed by atoms with Gasteiger partial charge in [0.05, 0.1) is 0 Å². The lowest BCUT2D eigenvalue weighted by atomic mass is 10.2. The molecule has 1 rings (SSSR count). The summed E-state index contributed by atoms with van der Waals surface area (Å²) >= 11 is 0. The average molecular weight is 229 g/mol. The zero-order valence-electron chi connectivity index (χ0n) is 9.42. The van der Waals surface area contributed by atoms with Crippen molar-refractivity contribution >= 4 is 0 Å². The first-order chi connectivity index (χ1) is 7.65. The van der Waals surface area contributed by atoms with Crippen molar-refractivity contribution in [1.29, 1.82) is 0 Å². The molecule has 0 saturated heterocycles. The lowest BCUT2D eigenvalue weighted by Crippen LogP contribution is -2.24. The molecule has 0 aromatic heterocycles. The number of hydrogen-bond donors (Lipinski definition) is 1. The first kappa shape index (κ1) is 13.1. The average Bonchev–Trinajstić information content (AvgIpc) is 2.22. The Hall–Kier alpha value is -1.00. The van der Waals surface area contributed by atoms with Crippen LogP contribution in [-0.4, -0.2) is 29.7 Å². The number of rotatable bonds is 6. The summed E-state index contributed by atoms with van der Waals surface area (Å²) in [7, 11) is 0. The molecule has 0 unspecified atom stereocenters. The number of aliphatic hydroxyl groups is 1. The van der Waals surface area contributed by atoms with Crippen LogP contribution in [0.4, 0.5) is 8.78 Å². The number of aliphatic hydroxyl groups excluding tert-OH is 1. The molecule has 1 aromatic carbocycles. The highest BCUT2D eigenvalue weighted by molar-refractivity contribution is 5.17. The fourth-order valence-corrected chi connectivity index (χ4v) is 1.60. The Kier molecular flexibility index (Phi) is 5.35. The maximum atomic E-state index is 12.9. The summed E-state index contributed by atoms with van der Waals surface area (Å²) in [6, 6.07) is 3.54. The highest BCUT2D eigenvalue weighted by atomic mass is 19.1. The fraction of sp³-hybridized carbons (Fsp3) is 0.500. The molecule has 0 aliphatic rings. The van der Waals surface area contributed by atoms with E-state index in [9.17, 15) is 8.78 Å². The van der Waals surface area contributed by atoms with Gasteiger partial charge in [0.15, 0.2) is 0 Å². The molecule has 90 valence electrons. The third-order valence-corrected chi connectivity index (χ3v) is 2.41. The number of benzene rings is 1. The third-order valence-electron chi connectivity index (χ3n) is 2.41. The van der Waals surface area contributed by atoms with E-state index >= 15 is 0 Å². The van der Waals surface area contributed by atoms with Crippen molar-refractivity contribution in [3.63, 3.8) is 0 Å². The SMILES string of the molecule is CCN(CCCO)Cc1cc(F)cc(F)c1. The Morgan fingerprint density at radius 2 is 1.81 bits per heavy atom. The highest BCUT2D eigenvalue weighted by Crippen LogP contribution is 2.10. The van der Waals surface area contributed by atoms with Gasteiger partial charge in [0.2, 0.25) is 0 Å². The molecule has 0 radical (unpaired) electrons. The zero-order chi connectivity index (χ0) is 12.0. The normalized spacial score (nSPS) is 11.1. The van der Waals surface area contributed by atoms with Crippen LogP contribution in [0.5, 0.6) is 0 Å². The lowest BCUT2D eigenvalue weighted by molar-refractivity contribution is 0.225. The summed E-state index contributed by atoms with van der Waals surface area (Å²) in [5.74, 6) is -1.10. The molecule has 1 aromatic rings. The largest absolute Gasteiger partial charge is 0.396 e. The molecule has 0 amide bonds. The zero-order valence-corrected chi connectivity index (χ0v) is 9.42. The van der Waals surface area contributed by atoms with Gasteiger partial charge in [0, 0.05) is 25.8 Å². The number of halogens is 2. The third kappa shape index (κ3) is 4.24. The van der Waals surface area contributed by atoms with E-state index in [0.29, 0.717) is 18.5 Å². The van der Waals surface area contributed by atoms with Gasteiger partial charge in [-0.15, -0.1) is 0 Å². The highest BCUT2D eigenvalue weighted by Gasteiger charge is 2.06. The summed E-state index contributed by atoms with van der Waals surface area (Å²) < 4.78 is 25.9. The van der Waals surface area contributed by atoms with Crippen LogP contribution in [0, 0.1) is 11.6 Å². The molecule has 0 saturated carbocycles. The Morgan fingerprint density at radius 1 is 1.19 bits per heavy atom. The molecule has 0 spiro atoms. The molecule has 2 nitrogen and oxygen atoms in total. The minimum atomic E-state index is -0.548. The van der Waals surface area contributed by atoms with Crippen LogP contribution in [-0.2, 0) is 6.54 Å². The summed E-state index contributed by atoms with van der Waals surface area (Å²) in [4.78, 5) is 2.03. The van der Waals surface area contributed by atoms with Crippen molar-refractivity contribution in [2.24, 2.45) is 0 Å². The van der Waals surface area contributed by atoms with Crippen molar-refractivity contribution in [3.8, 4) is 0 Å². The van der Waals surface area contributed by atoms with E-state index in [4.69, 9.17) is 5.11 Å². The maximum Gasteiger partial charge on any atom is 0.126 e. The summed E-state index contributed by atoms with van der Waals surface area (Å²) in [6.45, 7) is 4.13. The van der Waals surface area contributed by atoms with Crippen LogP contribution in [0.2, 0.25) is 0 Å². The molecule has 0 aliphatic carbocycles. The van der Waals surface area contributed by atoms with Crippen LogP contribution in [0.25, 0.3) is 0 Å². The maximum absolute atomic E-state index is 12.9. The first-order valence-corrected chi connectivity index (χ1v) is 5.44. The van der Waals surface area contributed by atoms with Gasteiger partial charge >= 0.3 is 0 Å². The molecule has 0 heterocycles. The van der Waals surface area contributed by atoms with Gasteiger partial charge in [-0.1, -0.05) is 6.92 Å². The van der Waals surface area contributed by atoms with E-state index < -0.39 is 11.6 Å². The second kappa shape index (κ2) is 6.55. The smallest absolute Gasteiger partial charge is 0.126 e. The predicted molar refractivity (Wildman–Crippen MR) is 59.0 cm³/mol. The van der Waals surface area contributed by atoms with Gasteiger partial charge in [-0.2, -0.15) is 0 Å². The molecule has 1 N–H and O–H groups in total. The minimum Gasteiger partial charge on any atom is -0.396 e. The molecule has 0 bridgehead atoms. The van der Waals surface area contributed by atoms with Crippen LogP contribution in [0.15, 0.2) is 18.2 Å². The van der Waals surface area contributed by atoms with Gasteiger partial charge in [0.1, 0.15) is 11.6 Å². The van der Waals surface area contributed by atoms with Crippen molar-refractivity contribution in [1.82, 2.24) is 4.90 Å². The summed E-state index contributed by atoms with van der Waals surface area (Å²) in [6.07, 6.45) is 0.672. The van der Waals surface area contributed by atoms with Gasteiger partial charge < -0.3 is 5.11 Å². The van der Waals surface area contributed by atoms with Crippen molar-refractivity contribution in [3.05, 3.63) is 35.4 Å². The van der Waals surface area contributed by atoms with E-state index in [1.54, 1.807) is 0 Å². The van der Waals surface area contributed by atoms with E-state index in [-0.39, 0.29) is 6.61 Å². The number of hydrogen-bond acceptors (Lipinski definition) is 2. The Labute approximate surface area is 94.5 Å². The van der Waals surface area contributed by atoms with Crippen LogP contribution < -0.4 is 0 Å². The van der Waals surface area contributed by atoms with E-state index in [2.05, 4.69) is 0 Å². The Morgan fingerprint density at radius 3 is 2.31 bits per heavy atom. The quantitative estimate of drug-likeness (QED) is 0.808. The molecule has 0 atom stereocenters. The van der Waals surface area contributed by atoms with Crippen LogP contribution in [0.1, 0.15) is 18.9 Å². The van der Waals surface area contributed by atoms with Gasteiger partial charge in [-0.25, -0.2) is 8.78 Å². The summed E-state index contributed by atoms with van der Waals surface area (Å²) in [5.41, 5.74) is 0.622. The second-order valence-corrected chi connectivity index (χ2v) is 3.72. The van der Waals surface area contributed by atoms with Gasteiger partial charge in [-0.05, 0) is 30.7 Å². The predicted octanol–water partition coefficient (Wildman–Crippen LogP) is 2.17. The molecule has 4 heteroatoms. The Bertz CT molecular complexity index is 311. The van der Waals surface area contributed by atoms with Crippen molar-refractivity contribution in [2.75, 3.05) is 19.7 Å². The first-order valence-electron chi connectivity index (χ1n) is 5.44. The monoisotopic (exact) mass is 229 g/mol. The van der Waals surface area contributed by atoms with Crippen molar-refractivity contribution in [2.45, 2.75) is 19.9 Å². The summed E-state index contributed by atoms with van der Waals surface area (Å²) in [5, 5.41) is 8.72. The molecular weight excluding hydrogens is 212 g/mol. The van der Waals surface area contributed by atoms with E-state index in [1.165, 1.54) is 12.1 Å². The molecule has 16 heavy (non-hydrogen) atoms. The Balaban J connectivity index is 2.62. The topological polar surface area (TPSA) is 23.5 Å². The van der Waals surface area contributed by atoms with Gasteiger partial charge in [0.25, 0.3) is 0 Å². The van der Waals surface area contributed by atoms with Crippen molar-refractivity contribution < 1.29 is 13.9 Å². The standard InChI is InChI=1S/C12H17F2NO/c1-2-15(4-3-5-16)9-10-6-11(13)8-12(14)7-10/h6-8,16H,2-5,9H2,1H3. The molecular formula is C12H17F2NO. The number of nitrogens with zero attached hydrogens (tertiary/aromatic N) is 1. The van der Waals surface area contributed by atoms with Crippen LogP contribution in [0.3, 0.4) is 0 Å². The fourth-order valence-electron chi connectivity index (χ4n) is 1.60. The molecule has 0 aliphatic heterocycles. The minimum absolute atomic E-state index is 0.133. The lowest BCUT2D eigenvalue weighted by Gasteiger charge is -2.19. The van der Waals surface area contributed by atoms with Crippen LogP contribution >= 0.6 is 0 Å². The van der Waals surface area contributed by atoms with E-state index in [1.807, 2.05) is 11.8 Å². The molecule has 0 fully saturated rings. The van der Waals surface area contributed by atoms with Gasteiger partial charge in [-0.3, -0.25) is 4.90 Å². The van der Waals surface area contributed by atoms with E-state index in [0.717, 1.165) is 19.2 Å².